The minimum atomic E-state index is -0.590. The number of hydrogen-bond donors (Lipinski definition) is 1. The van der Waals surface area contributed by atoms with Crippen LogP contribution in [0.4, 0.5) is 0 Å². The van der Waals surface area contributed by atoms with Gasteiger partial charge in [-0.25, -0.2) is 0 Å². The van der Waals surface area contributed by atoms with Crippen molar-refractivity contribution >= 4 is 17.7 Å². The first-order valence-electron chi connectivity index (χ1n) is 9.69. The number of methoxy groups -OCH3 is 1. The summed E-state index contributed by atoms with van der Waals surface area (Å²) >= 11 is 0. The van der Waals surface area contributed by atoms with Gasteiger partial charge in [-0.05, 0) is 24.9 Å². The Balaban J connectivity index is 1.69. The maximum Gasteiger partial charge on any atom is 0.322 e. The number of ether oxygens (including phenoxy) is 2. The van der Waals surface area contributed by atoms with Crippen molar-refractivity contribution in [2.75, 3.05) is 13.7 Å². The van der Waals surface area contributed by atoms with Gasteiger partial charge in [-0.2, -0.15) is 0 Å². The van der Waals surface area contributed by atoms with Gasteiger partial charge < -0.3 is 14.8 Å². The highest BCUT2D eigenvalue weighted by atomic mass is 16.5. The van der Waals surface area contributed by atoms with Crippen molar-refractivity contribution in [3.63, 3.8) is 0 Å². The summed E-state index contributed by atoms with van der Waals surface area (Å²) in [5, 5.41) is 3.07. The molecule has 0 saturated carbocycles. The first kappa shape index (κ1) is 22.3. The van der Waals surface area contributed by atoms with Crippen LogP contribution in [0.5, 0.6) is 0 Å². The fourth-order valence-electron chi connectivity index (χ4n) is 2.81. The molecule has 0 saturated heterocycles. The number of esters is 2. The number of hydrogen-bond acceptors (Lipinski definition) is 6. The quantitative estimate of drug-likeness (QED) is 0.336. The van der Waals surface area contributed by atoms with E-state index in [0.717, 1.165) is 5.56 Å². The van der Waals surface area contributed by atoms with Crippen LogP contribution in [-0.4, -0.2) is 37.4 Å². The van der Waals surface area contributed by atoms with E-state index in [1.807, 2.05) is 36.4 Å². The zero-order valence-corrected chi connectivity index (χ0v) is 16.6. The Morgan fingerprint density at radius 3 is 2.24 bits per heavy atom. The molecule has 0 aliphatic carbocycles. The topological polar surface area (TPSA) is 81.7 Å². The maximum absolute atomic E-state index is 12.2. The predicted molar refractivity (Wildman–Crippen MR) is 109 cm³/mol. The smallest absolute Gasteiger partial charge is 0.322 e. The van der Waals surface area contributed by atoms with Crippen molar-refractivity contribution in [3.05, 3.63) is 71.8 Å². The minimum Gasteiger partial charge on any atom is -0.468 e. The molecule has 2 rings (SSSR count). The number of carbonyl (C=O) groups excluding carboxylic acids is 3. The Morgan fingerprint density at radius 2 is 1.59 bits per heavy atom. The maximum atomic E-state index is 12.2. The van der Waals surface area contributed by atoms with Gasteiger partial charge in [-0.1, -0.05) is 60.7 Å². The molecule has 1 N–H and O–H groups in total. The first-order chi connectivity index (χ1) is 14.1. The predicted octanol–water partition coefficient (Wildman–Crippen LogP) is 3.30. The van der Waals surface area contributed by atoms with Crippen LogP contribution < -0.4 is 5.32 Å². The molecular weight excluding hydrogens is 370 g/mol. The lowest BCUT2D eigenvalue weighted by molar-refractivity contribution is -0.145. The summed E-state index contributed by atoms with van der Waals surface area (Å²) in [6.07, 6.45) is 1.33. The summed E-state index contributed by atoms with van der Waals surface area (Å²) < 4.78 is 10.0. The van der Waals surface area contributed by atoms with Crippen LogP contribution in [0.3, 0.4) is 0 Å². The molecule has 0 radical (unpaired) electrons. The highest BCUT2D eigenvalue weighted by Crippen LogP contribution is 2.08. The molecule has 0 aliphatic heterocycles. The summed E-state index contributed by atoms with van der Waals surface area (Å²) in [6.45, 7) is 0.694. The summed E-state index contributed by atoms with van der Waals surface area (Å²) in [7, 11) is 1.32. The SMILES string of the molecule is COC(=O)C(CCC(=O)c1ccccc1)NCCCC(=O)OCc1ccccc1. The number of ketones is 1. The minimum absolute atomic E-state index is 0.0224. The Bertz CT molecular complexity index is 776. The van der Waals surface area contributed by atoms with E-state index in [9.17, 15) is 14.4 Å². The number of Topliss-reactive ketones (excluding diaryl/α,β-unsaturated/α-hetero) is 1. The lowest BCUT2D eigenvalue weighted by Gasteiger charge is -2.16. The van der Waals surface area contributed by atoms with Crippen LogP contribution in [-0.2, 0) is 25.7 Å². The Kier molecular flexibility index (Phi) is 9.59. The summed E-state index contributed by atoms with van der Waals surface area (Å²) in [4.78, 5) is 36.0. The molecule has 0 aromatic heterocycles. The van der Waals surface area contributed by atoms with Crippen molar-refractivity contribution in [1.82, 2.24) is 5.32 Å². The van der Waals surface area contributed by atoms with Gasteiger partial charge in [0.2, 0.25) is 0 Å². The van der Waals surface area contributed by atoms with Gasteiger partial charge in [0.25, 0.3) is 0 Å². The van der Waals surface area contributed by atoms with E-state index in [1.165, 1.54) is 7.11 Å². The van der Waals surface area contributed by atoms with Crippen molar-refractivity contribution < 1.29 is 23.9 Å². The summed E-state index contributed by atoms with van der Waals surface area (Å²) in [5.41, 5.74) is 1.56. The van der Waals surface area contributed by atoms with E-state index in [2.05, 4.69) is 5.32 Å². The van der Waals surface area contributed by atoms with Crippen molar-refractivity contribution in [3.8, 4) is 0 Å². The second-order valence-electron chi connectivity index (χ2n) is 6.61. The van der Waals surface area contributed by atoms with Gasteiger partial charge in [-0.15, -0.1) is 0 Å². The molecule has 0 heterocycles. The largest absolute Gasteiger partial charge is 0.468 e. The molecular formula is C23H27NO5. The third-order valence-corrected chi connectivity index (χ3v) is 4.43. The molecule has 0 fully saturated rings. The average Bonchev–Trinajstić information content (AvgIpc) is 2.77. The van der Waals surface area contributed by atoms with E-state index in [0.29, 0.717) is 24.9 Å². The van der Waals surface area contributed by atoms with Crippen LogP contribution in [0.15, 0.2) is 60.7 Å². The summed E-state index contributed by atoms with van der Waals surface area (Å²) in [5.74, 6) is -0.729. The van der Waals surface area contributed by atoms with Crippen LogP contribution in [0.1, 0.15) is 41.6 Å². The van der Waals surface area contributed by atoms with Crippen LogP contribution in [0.25, 0.3) is 0 Å². The molecule has 1 unspecified atom stereocenters. The lowest BCUT2D eigenvalue weighted by Crippen LogP contribution is -2.38. The zero-order chi connectivity index (χ0) is 20.9. The molecule has 0 bridgehead atoms. The molecule has 2 aromatic rings. The number of nitrogens with one attached hydrogen (secondary N) is 1. The molecule has 1 atom stereocenters. The van der Waals surface area contributed by atoms with Gasteiger partial charge in [0.1, 0.15) is 12.6 Å². The molecule has 0 amide bonds. The van der Waals surface area contributed by atoms with Crippen molar-refractivity contribution in [1.29, 1.82) is 0 Å². The Morgan fingerprint density at radius 1 is 0.931 bits per heavy atom. The van der Waals surface area contributed by atoms with E-state index in [-0.39, 0.29) is 31.2 Å². The van der Waals surface area contributed by atoms with Crippen molar-refractivity contribution in [2.45, 2.75) is 38.3 Å². The molecule has 29 heavy (non-hydrogen) atoms. The van der Waals surface area contributed by atoms with Gasteiger partial charge in [-0.3, -0.25) is 14.4 Å². The second-order valence-corrected chi connectivity index (χ2v) is 6.61. The van der Waals surface area contributed by atoms with Crippen LogP contribution in [0, 0.1) is 0 Å². The molecule has 6 heteroatoms. The molecule has 0 aliphatic rings. The van der Waals surface area contributed by atoms with E-state index in [4.69, 9.17) is 9.47 Å². The fraction of sp³-hybridized carbons (Fsp3) is 0.348. The van der Waals surface area contributed by atoms with Crippen LogP contribution >= 0.6 is 0 Å². The van der Waals surface area contributed by atoms with E-state index in [1.54, 1.807) is 24.3 Å². The standard InChI is InChI=1S/C23H27NO5/c1-28-23(27)20(14-15-21(25)19-11-6-3-7-12-19)24-16-8-13-22(26)29-17-18-9-4-2-5-10-18/h2-7,9-12,20,24H,8,13-17H2,1H3. The highest BCUT2D eigenvalue weighted by molar-refractivity contribution is 5.96. The number of benzene rings is 2. The lowest BCUT2D eigenvalue weighted by atomic mass is 10.0. The normalized spacial score (nSPS) is 11.5. The van der Waals surface area contributed by atoms with E-state index >= 15 is 0 Å². The summed E-state index contributed by atoms with van der Waals surface area (Å²) in [6, 6.07) is 17.9. The van der Waals surface area contributed by atoms with Gasteiger partial charge in [0, 0.05) is 18.4 Å². The zero-order valence-electron chi connectivity index (χ0n) is 16.6. The molecule has 6 nitrogen and oxygen atoms in total. The highest BCUT2D eigenvalue weighted by Gasteiger charge is 2.20. The molecule has 0 spiro atoms. The Labute approximate surface area is 171 Å². The third kappa shape index (κ3) is 8.27. The van der Waals surface area contributed by atoms with Gasteiger partial charge >= 0.3 is 11.9 Å². The van der Waals surface area contributed by atoms with Crippen molar-refractivity contribution in [2.24, 2.45) is 0 Å². The van der Waals surface area contributed by atoms with Gasteiger partial charge in [0.05, 0.1) is 7.11 Å². The molecule has 154 valence electrons. The number of carbonyl (C=O) groups is 3. The average molecular weight is 397 g/mol. The molecule has 2 aromatic carbocycles. The fourth-order valence-corrected chi connectivity index (χ4v) is 2.81. The van der Waals surface area contributed by atoms with Crippen LogP contribution in [0.2, 0.25) is 0 Å². The Hall–Kier alpha value is -2.99. The second kappa shape index (κ2) is 12.5. The van der Waals surface area contributed by atoms with E-state index < -0.39 is 12.0 Å². The third-order valence-electron chi connectivity index (χ3n) is 4.43. The first-order valence-corrected chi connectivity index (χ1v) is 9.69. The number of rotatable bonds is 12. The monoisotopic (exact) mass is 397 g/mol. The van der Waals surface area contributed by atoms with Gasteiger partial charge in [0.15, 0.2) is 5.78 Å².